The van der Waals surface area contributed by atoms with E-state index in [1.807, 2.05) is 0 Å². The zero-order valence-corrected chi connectivity index (χ0v) is 20.7. The fraction of sp³-hybridized carbons (Fsp3) is 0.862. The lowest BCUT2D eigenvalue weighted by molar-refractivity contribution is -0.0540. The largest absolute Gasteiger partial charge is 0.393 e. The number of hydrogen-bond acceptors (Lipinski definition) is 1. The highest BCUT2D eigenvalue weighted by atomic mass is 16.3. The van der Waals surface area contributed by atoms with E-state index in [4.69, 9.17) is 0 Å². The molecule has 1 N–H and O–H groups in total. The number of fused-ring (bicyclic) bond motifs is 5. The second-order valence-electron chi connectivity index (χ2n) is 12.4. The van der Waals surface area contributed by atoms with Gasteiger partial charge in [0.05, 0.1) is 6.10 Å². The topological polar surface area (TPSA) is 20.2 Å². The van der Waals surface area contributed by atoms with Gasteiger partial charge in [-0.1, -0.05) is 65.3 Å². The van der Waals surface area contributed by atoms with Gasteiger partial charge >= 0.3 is 0 Å². The first kappa shape index (κ1) is 22.6. The Hall–Kier alpha value is -0.560. The number of allylic oxidation sites excluding steroid dienone is 3. The van der Waals surface area contributed by atoms with Gasteiger partial charge in [0.25, 0.3) is 0 Å². The molecule has 0 aromatic heterocycles. The Morgan fingerprint density at radius 2 is 1.80 bits per heavy atom. The summed E-state index contributed by atoms with van der Waals surface area (Å²) in [6, 6.07) is 0. The van der Waals surface area contributed by atoms with E-state index in [9.17, 15) is 5.11 Å². The molecule has 0 heterocycles. The minimum Gasteiger partial charge on any atom is -0.393 e. The van der Waals surface area contributed by atoms with Crippen molar-refractivity contribution in [2.75, 3.05) is 0 Å². The molecule has 9 atom stereocenters. The standard InChI is InChI=1S/C29H48O/c1-7-21(19(2)3)9-8-20(4)25-12-13-26-24-11-10-22-18-23(30)14-16-28(22,5)27(24)15-17-29(25,26)6/h8-10,19-21,23-27,30H,7,11-18H2,1-6H3/b9-8+/t20?,21-,23+,24+,25-,26+,27+,28+,29-/m1/s1. The van der Waals surface area contributed by atoms with Crippen molar-refractivity contribution in [1.82, 2.24) is 0 Å². The van der Waals surface area contributed by atoms with E-state index < -0.39 is 0 Å². The van der Waals surface area contributed by atoms with Crippen LogP contribution in [0.15, 0.2) is 23.8 Å². The van der Waals surface area contributed by atoms with Crippen LogP contribution in [-0.4, -0.2) is 11.2 Å². The Balaban J connectivity index is 1.52. The maximum atomic E-state index is 10.2. The van der Waals surface area contributed by atoms with E-state index in [-0.39, 0.29) is 6.10 Å². The molecule has 1 unspecified atom stereocenters. The number of rotatable bonds is 5. The first-order valence-electron chi connectivity index (χ1n) is 13.3. The highest BCUT2D eigenvalue weighted by molar-refractivity contribution is 5.25. The summed E-state index contributed by atoms with van der Waals surface area (Å²) < 4.78 is 0. The molecule has 170 valence electrons. The van der Waals surface area contributed by atoms with E-state index in [0.717, 1.165) is 48.3 Å². The molecule has 0 aliphatic heterocycles. The van der Waals surface area contributed by atoms with Crippen molar-refractivity contribution >= 4 is 0 Å². The summed E-state index contributed by atoms with van der Waals surface area (Å²) in [5.41, 5.74) is 2.51. The molecule has 4 aliphatic rings. The zero-order valence-electron chi connectivity index (χ0n) is 20.7. The highest BCUT2D eigenvalue weighted by Gasteiger charge is 2.58. The maximum absolute atomic E-state index is 10.2. The van der Waals surface area contributed by atoms with Crippen molar-refractivity contribution in [1.29, 1.82) is 0 Å². The number of aliphatic hydroxyl groups excluding tert-OH is 1. The molecule has 1 heteroatoms. The van der Waals surface area contributed by atoms with E-state index in [0.29, 0.717) is 16.7 Å². The predicted octanol–water partition coefficient (Wildman–Crippen LogP) is 7.80. The van der Waals surface area contributed by atoms with Crippen LogP contribution < -0.4 is 0 Å². The molecule has 30 heavy (non-hydrogen) atoms. The van der Waals surface area contributed by atoms with Crippen LogP contribution in [-0.2, 0) is 0 Å². The fourth-order valence-corrected chi connectivity index (χ4v) is 8.83. The average Bonchev–Trinajstić information content (AvgIpc) is 3.06. The lowest BCUT2D eigenvalue weighted by Crippen LogP contribution is -2.50. The first-order valence-corrected chi connectivity index (χ1v) is 13.3. The maximum Gasteiger partial charge on any atom is 0.0577 e. The van der Waals surface area contributed by atoms with Gasteiger partial charge in [-0.05, 0) is 110 Å². The van der Waals surface area contributed by atoms with Crippen LogP contribution in [0.5, 0.6) is 0 Å². The minimum atomic E-state index is -0.0870. The van der Waals surface area contributed by atoms with Crippen LogP contribution in [0.25, 0.3) is 0 Å². The second kappa shape index (κ2) is 8.42. The monoisotopic (exact) mass is 412 g/mol. The minimum absolute atomic E-state index is 0.0870. The van der Waals surface area contributed by atoms with E-state index >= 15 is 0 Å². The molecular formula is C29H48O. The summed E-state index contributed by atoms with van der Waals surface area (Å²) in [5.74, 6) is 5.70. The van der Waals surface area contributed by atoms with Gasteiger partial charge in [0.15, 0.2) is 0 Å². The molecule has 0 amide bonds. The second-order valence-corrected chi connectivity index (χ2v) is 12.4. The van der Waals surface area contributed by atoms with Crippen molar-refractivity contribution in [2.24, 2.45) is 52.3 Å². The van der Waals surface area contributed by atoms with Gasteiger partial charge in [-0.2, -0.15) is 0 Å². The van der Waals surface area contributed by atoms with Crippen LogP contribution in [0, 0.1) is 52.3 Å². The van der Waals surface area contributed by atoms with Crippen LogP contribution >= 0.6 is 0 Å². The Morgan fingerprint density at radius 1 is 1.03 bits per heavy atom. The molecule has 4 aliphatic carbocycles. The molecular weight excluding hydrogens is 364 g/mol. The van der Waals surface area contributed by atoms with Gasteiger partial charge in [-0.3, -0.25) is 0 Å². The normalized spacial score (nSPS) is 45.6. The molecule has 0 bridgehead atoms. The zero-order chi connectivity index (χ0) is 21.7. The molecule has 0 radical (unpaired) electrons. The summed E-state index contributed by atoms with van der Waals surface area (Å²) in [6.07, 6.45) is 19.1. The van der Waals surface area contributed by atoms with Crippen LogP contribution in [0.2, 0.25) is 0 Å². The molecule has 0 spiro atoms. The van der Waals surface area contributed by atoms with Crippen LogP contribution in [0.1, 0.15) is 99.3 Å². The fourth-order valence-electron chi connectivity index (χ4n) is 8.83. The van der Waals surface area contributed by atoms with Crippen LogP contribution in [0.3, 0.4) is 0 Å². The van der Waals surface area contributed by atoms with Crippen molar-refractivity contribution in [3.8, 4) is 0 Å². The number of aliphatic hydroxyl groups is 1. The lowest BCUT2D eigenvalue weighted by atomic mass is 9.47. The van der Waals surface area contributed by atoms with Gasteiger partial charge in [-0.15, -0.1) is 0 Å². The third kappa shape index (κ3) is 3.66. The van der Waals surface area contributed by atoms with Crippen molar-refractivity contribution in [3.63, 3.8) is 0 Å². The Kier molecular flexibility index (Phi) is 6.35. The lowest BCUT2D eigenvalue weighted by Gasteiger charge is -2.58. The van der Waals surface area contributed by atoms with Gasteiger partial charge in [0, 0.05) is 0 Å². The third-order valence-electron chi connectivity index (χ3n) is 10.8. The van der Waals surface area contributed by atoms with E-state index in [1.54, 1.807) is 5.57 Å². The molecule has 0 saturated heterocycles. The molecule has 0 aromatic carbocycles. The summed E-state index contributed by atoms with van der Waals surface area (Å²) in [7, 11) is 0. The summed E-state index contributed by atoms with van der Waals surface area (Å²) in [5, 5.41) is 10.2. The van der Waals surface area contributed by atoms with Gasteiger partial charge in [0.2, 0.25) is 0 Å². The average molecular weight is 413 g/mol. The number of hydrogen-bond donors (Lipinski definition) is 1. The molecule has 4 rings (SSSR count). The molecule has 3 saturated carbocycles. The van der Waals surface area contributed by atoms with Crippen LogP contribution in [0.4, 0.5) is 0 Å². The quantitative estimate of drug-likeness (QED) is 0.457. The van der Waals surface area contributed by atoms with Gasteiger partial charge < -0.3 is 5.11 Å². The van der Waals surface area contributed by atoms with E-state index in [2.05, 4.69) is 59.8 Å². The SMILES string of the molecule is CC[C@H](/C=C/C(C)[C@H]1CC[C@H]2[C@@H]3CC=C4C[C@@H](O)CC[C@]4(C)[C@H]3CC[C@]12C)C(C)C. The molecule has 1 nitrogen and oxygen atoms in total. The Labute approximate surface area is 186 Å². The molecule has 0 aromatic rings. The smallest absolute Gasteiger partial charge is 0.0577 e. The van der Waals surface area contributed by atoms with Gasteiger partial charge in [0.1, 0.15) is 0 Å². The Morgan fingerprint density at radius 3 is 2.50 bits per heavy atom. The highest BCUT2D eigenvalue weighted by Crippen LogP contribution is 2.67. The molecule has 3 fully saturated rings. The van der Waals surface area contributed by atoms with E-state index in [1.165, 1.54) is 44.9 Å². The third-order valence-corrected chi connectivity index (χ3v) is 10.8. The Bertz CT molecular complexity index is 674. The first-order chi connectivity index (χ1) is 14.2. The summed E-state index contributed by atoms with van der Waals surface area (Å²) >= 11 is 0. The van der Waals surface area contributed by atoms with Crippen molar-refractivity contribution in [3.05, 3.63) is 23.8 Å². The predicted molar refractivity (Wildman–Crippen MR) is 128 cm³/mol. The summed E-state index contributed by atoms with van der Waals surface area (Å²) in [6.45, 7) is 14.8. The van der Waals surface area contributed by atoms with Crippen molar-refractivity contribution in [2.45, 2.75) is 105 Å². The van der Waals surface area contributed by atoms with Gasteiger partial charge in [-0.25, -0.2) is 0 Å². The summed E-state index contributed by atoms with van der Waals surface area (Å²) in [4.78, 5) is 0. The van der Waals surface area contributed by atoms with Crippen molar-refractivity contribution < 1.29 is 5.11 Å².